The first kappa shape index (κ1) is 31.1. The molecule has 6 rings (SSSR count). The summed E-state index contributed by atoms with van der Waals surface area (Å²) in [6.45, 7) is 4.59. The van der Waals surface area contributed by atoms with E-state index in [0.29, 0.717) is 40.3 Å². The van der Waals surface area contributed by atoms with Crippen molar-refractivity contribution in [2.75, 3.05) is 20.2 Å². The van der Waals surface area contributed by atoms with Gasteiger partial charge in [-0.15, -0.1) is 0 Å². The number of alkyl halides is 2. The Morgan fingerprint density at radius 1 is 0.953 bits per heavy atom. The van der Waals surface area contributed by atoms with Crippen molar-refractivity contribution >= 4 is 22.5 Å². The molecule has 1 saturated carbocycles. The molecule has 43 heavy (non-hydrogen) atoms. The van der Waals surface area contributed by atoms with E-state index >= 15 is 0 Å². The zero-order chi connectivity index (χ0) is 30.6. The summed E-state index contributed by atoms with van der Waals surface area (Å²) in [5.41, 5.74) is 3.55. The van der Waals surface area contributed by atoms with Crippen LogP contribution in [0.1, 0.15) is 52.4 Å². The average molecular weight is 608 g/mol. The van der Waals surface area contributed by atoms with Crippen LogP contribution in [0.25, 0.3) is 33.4 Å². The topological polar surface area (TPSA) is 47.4 Å². The molecular weight excluding hydrogens is 568 g/mol. The van der Waals surface area contributed by atoms with Crippen LogP contribution < -0.4 is 10.3 Å². The molecule has 4 aromatic rings. The number of para-hydroxylation sites is 1. The van der Waals surface area contributed by atoms with E-state index in [1.54, 1.807) is 7.11 Å². The van der Waals surface area contributed by atoms with Crippen LogP contribution in [0.2, 0.25) is 5.02 Å². The van der Waals surface area contributed by atoms with Crippen LogP contribution in [0, 0.1) is 5.92 Å². The molecule has 0 amide bonds. The Hall–Kier alpha value is -3.29. The summed E-state index contributed by atoms with van der Waals surface area (Å²) in [5.74, 6) is -0.687. The predicted octanol–water partition coefficient (Wildman–Crippen LogP) is 8.71. The maximum absolute atomic E-state index is 14.2. The molecule has 2 aliphatic rings. The summed E-state index contributed by atoms with van der Waals surface area (Å²) >= 11 is 6.11. The zero-order valence-electron chi connectivity index (χ0n) is 25.2. The number of hydrogen-bond acceptors (Lipinski definition) is 4. The second-order valence-corrected chi connectivity index (χ2v) is 12.5. The van der Waals surface area contributed by atoms with Crippen LogP contribution in [0.5, 0.6) is 5.75 Å². The third-order valence-corrected chi connectivity index (χ3v) is 8.56. The van der Waals surface area contributed by atoms with Gasteiger partial charge in [0.25, 0.3) is 5.56 Å². The van der Waals surface area contributed by atoms with E-state index in [1.165, 1.54) is 38.6 Å². The Morgan fingerprint density at radius 2 is 1.63 bits per heavy atom. The molecule has 3 aromatic carbocycles. The summed E-state index contributed by atoms with van der Waals surface area (Å²) in [5, 5.41) is 1.33. The number of likely N-dealkylation sites (tertiary alicyclic amines) is 1. The van der Waals surface area contributed by atoms with Gasteiger partial charge in [-0.25, -0.2) is 13.8 Å². The normalized spacial score (nSPS) is 18.0. The molecule has 0 bridgehead atoms. The molecule has 1 aliphatic carbocycles. The number of fused-ring (bicyclic) bond motifs is 1. The molecule has 2 heterocycles. The lowest BCUT2D eigenvalue weighted by Crippen LogP contribution is -2.43. The van der Waals surface area contributed by atoms with Crippen molar-refractivity contribution in [3.63, 3.8) is 0 Å². The van der Waals surface area contributed by atoms with Gasteiger partial charge in [-0.1, -0.05) is 54.8 Å². The van der Waals surface area contributed by atoms with Crippen LogP contribution in [-0.2, 0) is 6.54 Å². The van der Waals surface area contributed by atoms with Crippen molar-refractivity contribution in [1.29, 1.82) is 0 Å². The van der Waals surface area contributed by atoms with Gasteiger partial charge >= 0.3 is 0 Å². The number of benzene rings is 3. The second-order valence-electron chi connectivity index (χ2n) is 12.1. The van der Waals surface area contributed by atoms with Crippen LogP contribution in [0.15, 0.2) is 71.5 Å². The summed E-state index contributed by atoms with van der Waals surface area (Å²) in [6, 6.07) is 22.2. The van der Waals surface area contributed by atoms with Gasteiger partial charge in [-0.3, -0.25) is 9.36 Å². The number of aromatic nitrogens is 2. The second kappa shape index (κ2) is 13.6. The van der Waals surface area contributed by atoms with Crippen LogP contribution in [-0.4, -0.2) is 46.6 Å². The third kappa shape index (κ3) is 7.81. The van der Waals surface area contributed by atoms with Crippen LogP contribution >= 0.6 is 11.6 Å². The van der Waals surface area contributed by atoms with Crippen molar-refractivity contribution in [2.24, 2.45) is 5.92 Å². The minimum absolute atomic E-state index is 0.00436. The fourth-order valence-electron chi connectivity index (χ4n) is 6.35. The van der Waals surface area contributed by atoms with Crippen LogP contribution in [0.3, 0.4) is 0 Å². The Bertz CT molecular complexity index is 1590. The van der Waals surface area contributed by atoms with E-state index in [2.05, 4.69) is 4.90 Å². The van der Waals surface area contributed by atoms with Crippen LogP contribution in [0.4, 0.5) is 8.78 Å². The molecule has 5 nitrogen and oxygen atoms in total. The fourth-order valence-corrected chi connectivity index (χ4v) is 6.48. The van der Waals surface area contributed by atoms with E-state index < -0.39 is 5.92 Å². The molecule has 1 aromatic heterocycles. The monoisotopic (exact) mass is 607 g/mol. The molecule has 1 atom stereocenters. The molecule has 1 aliphatic heterocycles. The summed E-state index contributed by atoms with van der Waals surface area (Å²) in [7, 11) is 1.67. The number of piperidine rings is 1. The predicted molar refractivity (Wildman–Crippen MR) is 171 cm³/mol. The average Bonchev–Trinajstić information content (AvgIpc) is 3.54. The van der Waals surface area contributed by atoms with Gasteiger partial charge in [-0.05, 0) is 99.5 Å². The Labute approximate surface area is 257 Å². The number of ether oxygens (including phenoxy) is 1. The fraction of sp³-hybridized carbons (Fsp3) is 0.429. The van der Waals surface area contributed by atoms with E-state index in [1.807, 2.05) is 71.3 Å². The molecule has 0 spiro atoms. The lowest BCUT2D eigenvalue weighted by atomic mass is 9.95. The SMILES string of the molecule is CC(C)(F)F.COc1ccccc1-c1nc2ccc(-c3ccc(Cl)cc3)cc2c(=O)n1CC1CCCN(C2CCCC2)C1. The summed E-state index contributed by atoms with van der Waals surface area (Å²) in [4.78, 5) is 22.0. The van der Waals surface area contributed by atoms with E-state index in [-0.39, 0.29) is 5.56 Å². The number of methoxy groups -OCH3 is 1. The van der Waals surface area contributed by atoms with Crippen molar-refractivity contribution in [2.45, 2.75) is 70.9 Å². The van der Waals surface area contributed by atoms with Gasteiger partial charge in [0.2, 0.25) is 5.92 Å². The van der Waals surface area contributed by atoms with E-state index in [9.17, 15) is 13.6 Å². The number of nitrogens with zero attached hydrogens (tertiary/aromatic N) is 3. The van der Waals surface area contributed by atoms with Crippen molar-refractivity contribution < 1.29 is 13.5 Å². The highest BCUT2D eigenvalue weighted by Gasteiger charge is 2.29. The maximum atomic E-state index is 14.2. The van der Waals surface area contributed by atoms with E-state index in [0.717, 1.165) is 49.3 Å². The first-order valence-corrected chi connectivity index (χ1v) is 15.5. The van der Waals surface area contributed by atoms with E-state index in [4.69, 9.17) is 21.3 Å². The highest BCUT2D eigenvalue weighted by Crippen LogP contribution is 2.32. The molecule has 8 heteroatoms. The lowest BCUT2D eigenvalue weighted by molar-refractivity contribution is 0.0437. The molecule has 228 valence electrons. The highest BCUT2D eigenvalue weighted by atomic mass is 35.5. The van der Waals surface area contributed by atoms with Crippen molar-refractivity contribution in [3.8, 4) is 28.3 Å². The Balaban J connectivity index is 0.000000682. The molecular formula is C35H40ClF2N3O2. The standard InChI is InChI=1S/C32H34ClN3O2.C3H6F2/c1-38-30-11-5-4-10-27(30)31-34-29-17-14-24(23-12-15-25(33)16-13-23)19-28(29)32(37)36(31)21-22-7-6-18-35(20-22)26-8-2-3-9-26;1-3(2,4)5/h4-5,10-17,19,22,26H,2-3,6-9,18,20-21H2,1H3;1-2H3. The molecule has 0 radical (unpaired) electrons. The number of hydrogen-bond donors (Lipinski definition) is 0. The maximum Gasteiger partial charge on any atom is 0.261 e. The zero-order valence-corrected chi connectivity index (χ0v) is 25.9. The molecule has 0 N–H and O–H groups in total. The smallest absolute Gasteiger partial charge is 0.261 e. The van der Waals surface area contributed by atoms with Gasteiger partial charge < -0.3 is 9.64 Å². The minimum Gasteiger partial charge on any atom is -0.496 e. The Kier molecular flexibility index (Phi) is 9.82. The van der Waals surface area contributed by atoms with Crippen molar-refractivity contribution in [1.82, 2.24) is 14.5 Å². The van der Waals surface area contributed by atoms with Gasteiger partial charge in [0.05, 0.1) is 23.6 Å². The molecule has 1 saturated heterocycles. The van der Waals surface area contributed by atoms with Gasteiger partial charge in [0.1, 0.15) is 11.6 Å². The molecule has 2 fully saturated rings. The number of rotatable bonds is 6. The minimum atomic E-state index is -2.50. The largest absolute Gasteiger partial charge is 0.496 e. The van der Waals surface area contributed by atoms with Gasteiger partial charge in [0, 0.05) is 24.2 Å². The quantitative estimate of drug-likeness (QED) is 0.220. The summed E-state index contributed by atoms with van der Waals surface area (Å²) in [6.07, 6.45) is 7.61. The molecule has 1 unspecified atom stereocenters. The van der Waals surface area contributed by atoms with Gasteiger partial charge in [-0.2, -0.15) is 0 Å². The first-order chi connectivity index (χ1) is 20.6. The highest BCUT2D eigenvalue weighted by molar-refractivity contribution is 6.30. The Morgan fingerprint density at radius 3 is 2.33 bits per heavy atom. The first-order valence-electron chi connectivity index (χ1n) is 15.2. The third-order valence-electron chi connectivity index (χ3n) is 8.31. The summed E-state index contributed by atoms with van der Waals surface area (Å²) < 4.78 is 29.6. The number of halogens is 3. The van der Waals surface area contributed by atoms with Gasteiger partial charge in [0.15, 0.2) is 0 Å². The lowest BCUT2D eigenvalue weighted by Gasteiger charge is -2.37. The van der Waals surface area contributed by atoms with Crippen molar-refractivity contribution in [3.05, 3.63) is 82.1 Å².